The predicted molar refractivity (Wildman–Crippen MR) is 77.5 cm³/mol. The molecule has 0 fully saturated rings. The molecule has 8 heteroatoms. The van der Waals surface area contributed by atoms with Gasteiger partial charge in [0, 0.05) is 23.0 Å². The normalized spacial score (nSPS) is 13.6. The monoisotopic (exact) mass is 300 g/mol. The lowest BCUT2D eigenvalue weighted by Crippen LogP contribution is -2.31. The van der Waals surface area contributed by atoms with E-state index in [1.807, 2.05) is 13.2 Å². The van der Waals surface area contributed by atoms with Gasteiger partial charge in [-0.25, -0.2) is 4.79 Å². The van der Waals surface area contributed by atoms with Gasteiger partial charge in [0.05, 0.1) is 11.5 Å². The fourth-order valence-corrected chi connectivity index (χ4v) is 2.37. The molecule has 2 atom stereocenters. The first kappa shape index (κ1) is 16.3. The molecular weight excluding hydrogens is 284 g/mol. The van der Waals surface area contributed by atoms with Crippen LogP contribution in [0.15, 0.2) is 18.2 Å². The molecule has 1 aromatic rings. The number of nitro groups is 1. The summed E-state index contributed by atoms with van der Waals surface area (Å²) in [6.07, 6.45) is 1.86. The molecule has 0 amide bonds. The highest BCUT2D eigenvalue weighted by atomic mass is 32.2. The number of nitrogens with one attached hydrogen (secondary N) is 1. The molecule has 0 saturated carbocycles. The summed E-state index contributed by atoms with van der Waals surface area (Å²) in [7, 11) is 0. The van der Waals surface area contributed by atoms with Crippen LogP contribution in [0.3, 0.4) is 0 Å². The number of nitro benzene ring substituents is 1. The van der Waals surface area contributed by atoms with Crippen LogP contribution in [-0.2, 0) is 0 Å². The molecule has 0 aliphatic heterocycles. The molecule has 20 heavy (non-hydrogen) atoms. The summed E-state index contributed by atoms with van der Waals surface area (Å²) in [4.78, 5) is 21.1. The van der Waals surface area contributed by atoms with Gasteiger partial charge in [0.2, 0.25) is 0 Å². The minimum atomic E-state index is -1.35. The molecule has 0 aromatic heterocycles. The van der Waals surface area contributed by atoms with E-state index in [0.29, 0.717) is 5.69 Å². The van der Waals surface area contributed by atoms with Crippen molar-refractivity contribution in [3.8, 4) is 0 Å². The number of aliphatic hydroxyl groups is 1. The lowest BCUT2D eigenvalue weighted by Gasteiger charge is -2.22. The lowest BCUT2D eigenvalue weighted by atomic mass is 10.1. The first-order valence-corrected chi connectivity index (χ1v) is 7.11. The topological polar surface area (TPSA) is 113 Å². The molecule has 2 unspecified atom stereocenters. The van der Waals surface area contributed by atoms with Gasteiger partial charge in [0.15, 0.2) is 0 Å². The number of carboxylic acids is 1. The third kappa shape index (κ3) is 3.84. The minimum absolute atomic E-state index is 0.0197. The van der Waals surface area contributed by atoms with Crippen LogP contribution < -0.4 is 5.32 Å². The second-order valence-electron chi connectivity index (χ2n) is 4.18. The van der Waals surface area contributed by atoms with E-state index in [2.05, 4.69) is 5.32 Å². The zero-order chi connectivity index (χ0) is 15.3. The number of thioether (sulfide) groups is 1. The van der Waals surface area contributed by atoms with Gasteiger partial charge < -0.3 is 15.5 Å². The molecular formula is C12H16N2O5S. The highest BCUT2D eigenvalue weighted by Gasteiger charge is 2.21. The number of carboxylic acid groups (broad SMARTS) is 1. The van der Waals surface area contributed by atoms with Crippen molar-refractivity contribution in [3.05, 3.63) is 33.9 Å². The van der Waals surface area contributed by atoms with Crippen molar-refractivity contribution in [1.29, 1.82) is 0 Å². The quantitative estimate of drug-likeness (QED) is 0.520. The Balaban J connectivity index is 3.01. The third-order valence-corrected chi connectivity index (χ3v) is 4.02. The van der Waals surface area contributed by atoms with E-state index in [0.717, 1.165) is 6.07 Å². The van der Waals surface area contributed by atoms with Crippen LogP contribution in [0.25, 0.3) is 0 Å². The Kier molecular flexibility index (Phi) is 5.78. The molecule has 110 valence electrons. The van der Waals surface area contributed by atoms with Crippen molar-refractivity contribution in [3.63, 3.8) is 0 Å². The second kappa shape index (κ2) is 7.11. The molecule has 1 aromatic carbocycles. The first-order valence-electron chi connectivity index (χ1n) is 5.82. The van der Waals surface area contributed by atoms with E-state index in [1.54, 1.807) is 0 Å². The zero-order valence-corrected chi connectivity index (χ0v) is 11.9. The van der Waals surface area contributed by atoms with Gasteiger partial charge in [-0.15, -0.1) is 0 Å². The largest absolute Gasteiger partial charge is 0.477 e. The van der Waals surface area contributed by atoms with Crippen molar-refractivity contribution >= 4 is 29.1 Å². The summed E-state index contributed by atoms with van der Waals surface area (Å²) < 4.78 is 0. The van der Waals surface area contributed by atoms with Gasteiger partial charge >= 0.3 is 5.97 Å². The molecule has 0 aliphatic rings. The van der Waals surface area contributed by atoms with Crippen LogP contribution >= 0.6 is 11.8 Å². The Bertz CT molecular complexity index is 505. The Hall–Kier alpha value is -1.80. The average Bonchev–Trinajstić information content (AvgIpc) is 2.39. The zero-order valence-electron chi connectivity index (χ0n) is 11.1. The van der Waals surface area contributed by atoms with Crippen LogP contribution in [-0.4, -0.2) is 45.3 Å². The van der Waals surface area contributed by atoms with Gasteiger partial charge in [0.1, 0.15) is 5.56 Å². The molecule has 0 bridgehead atoms. The van der Waals surface area contributed by atoms with Gasteiger partial charge in [-0.2, -0.15) is 11.8 Å². The number of anilines is 1. The molecule has 0 radical (unpaired) electrons. The summed E-state index contributed by atoms with van der Waals surface area (Å²) in [6, 6.07) is 3.73. The number of carbonyl (C=O) groups is 1. The maximum absolute atomic E-state index is 11.0. The van der Waals surface area contributed by atoms with Gasteiger partial charge in [-0.1, -0.05) is 0 Å². The molecule has 3 N–H and O–H groups in total. The van der Waals surface area contributed by atoms with Crippen molar-refractivity contribution in [1.82, 2.24) is 0 Å². The first-order chi connectivity index (χ1) is 9.40. The van der Waals surface area contributed by atoms with Crippen LogP contribution in [0.5, 0.6) is 0 Å². The third-order valence-electron chi connectivity index (χ3n) is 2.86. The van der Waals surface area contributed by atoms with Crippen molar-refractivity contribution in [2.24, 2.45) is 0 Å². The maximum Gasteiger partial charge on any atom is 0.342 e. The molecule has 1 rings (SSSR count). The number of hydrogen-bond acceptors (Lipinski definition) is 6. The van der Waals surface area contributed by atoms with E-state index in [9.17, 15) is 20.0 Å². The molecule has 0 saturated heterocycles. The summed E-state index contributed by atoms with van der Waals surface area (Å²) in [5, 5.41) is 31.9. The number of benzene rings is 1. The van der Waals surface area contributed by atoms with Gasteiger partial charge in [0.25, 0.3) is 5.69 Å². The Morgan fingerprint density at radius 2 is 2.20 bits per heavy atom. The molecule has 0 heterocycles. The maximum atomic E-state index is 11.0. The van der Waals surface area contributed by atoms with Crippen molar-refractivity contribution in [2.45, 2.75) is 18.2 Å². The van der Waals surface area contributed by atoms with Crippen LogP contribution in [0.2, 0.25) is 0 Å². The van der Waals surface area contributed by atoms with Crippen LogP contribution in [0.1, 0.15) is 17.3 Å². The smallest absolute Gasteiger partial charge is 0.342 e. The number of hydrogen-bond donors (Lipinski definition) is 3. The molecule has 0 aliphatic carbocycles. The Morgan fingerprint density at radius 1 is 1.55 bits per heavy atom. The SMILES string of the molecule is CSC(CO)C(C)Nc1ccc([N+](=O)[O-])c(C(=O)O)c1. The second-order valence-corrected chi connectivity index (χ2v) is 5.26. The van der Waals surface area contributed by atoms with E-state index < -0.39 is 16.6 Å². The molecule has 0 spiro atoms. The van der Waals surface area contributed by atoms with Crippen LogP contribution in [0, 0.1) is 10.1 Å². The average molecular weight is 300 g/mol. The summed E-state index contributed by atoms with van der Waals surface area (Å²) >= 11 is 1.48. The summed E-state index contributed by atoms with van der Waals surface area (Å²) in [5.41, 5.74) is -0.343. The lowest BCUT2D eigenvalue weighted by molar-refractivity contribution is -0.385. The molecule has 7 nitrogen and oxygen atoms in total. The highest BCUT2D eigenvalue weighted by molar-refractivity contribution is 7.99. The number of aliphatic hydroxyl groups excluding tert-OH is 1. The number of nitrogens with zero attached hydrogens (tertiary/aromatic N) is 1. The minimum Gasteiger partial charge on any atom is -0.477 e. The van der Waals surface area contributed by atoms with Crippen molar-refractivity contribution in [2.75, 3.05) is 18.2 Å². The predicted octanol–water partition coefficient (Wildman–Crippen LogP) is 1.82. The van der Waals surface area contributed by atoms with Gasteiger partial charge in [-0.05, 0) is 25.3 Å². The standard InChI is InChI=1S/C12H16N2O5S/c1-7(11(6-15)20-2)13-8-3-4-10(14(18)19)9(5-8)12(16)17/h3-5,7,11,13,15H,6H2,1-2H3,(H,16,17). The summed E-state index contributed by atoms with van der Waals surface area (Å²) in [5.74, 6) is -1.35. The van der Waals surface area contributed by atoms with E-state index in [1.165, 1.54) is 23.9 Å². The fourth-order valence-electron chi connectivity index (χ4n) is 1.75. The number of aromatic carboxylic acids is 1. The number of rotatable bonds is 7. The fraction of sp³-hybridized carbons (Fsp3) is 0.417. The van der Waals surface area contributed by atoms with Crippen molar-refractivity contribution < 1.29 is 19.9 Å². The Labute approximate surface area is 120 Å². The van der Waals surface area contributed by atoms with E-state index in [-0.39, 0.29) is 23.5 Å². The van der Waals surface area contributed by atoms with Crippen LogP contribution in [0.4, 0.5) is 11.4 Å². The highest BCUT2D eigenvalue weighted by Crippen LogP contribution is 2.24. The Morgan fingerprint density at radius 3 is 2.65 bits per heavy atom. The summed E-state index contributed by atoms with van der Waals surface area (Å²) in [6.45, 7) is 1.83. The van der Waals surface area contributed by atoms with E-state index in [4.69, 9.17) is 5.11 Å². The van der Waals surface area contributed by atoms with Gasteiger partial charge in [-0.3, -0.25) is 10.1 Å². The van der Waals surface area contributed by atoms with E-state index >= 15 is 0 Å².